The predicted molar refractivity (Wildman–Crippen MR) is 87.2 cm³/mol. The Morgan fingerprint density at radius 1 is 1.33 bits per heavy atom. The lowest BCUT2D eigenvalue weighted by Crippen LogP contribution is -2.62. The van der Waals surface area contributed by atoms with Gasteiger partial charge in [0.05, 0.1) is 6.54 Å². The van der Waals surface area contributed by atoms with Crippen molar-refractivity contribution in [2.75, 3.05) is 27.3 Å². The summed E-state index contributed by atoms with van der Waals surface area (Å²) >= 11 is 0. The molecule has 3 rings (SSSR count). The van der Waals surface area contributed by atoms with Gasteiger partial charge in [0.25, 0.3) is 5.91 Å². The third-order valence-corrected chi connectivity index (χ3v) is 4.50. The van der Waals surface area contributed by atoms with Crippen molar-refractivity contribution in [3.8, 4) is 0 Å². The van der Waals surface area contributed by atoms with Crippen LogP contribution in [-0.4, -0.2) is 59.4 Å². The zero-order chi connectivity index (χ0) is 17.4. The van der Waals surface area contributed by atoms with E-state index in [4.69, 9.17) is 4.74 Å². The van der Waals surface area contributed by atoms with E-state index in [2.05, 4.69) is 9.56 Å². The summed E-state index contributed by atoms with van der Waals surface area (Å²) in [6.45, 7) is 5.80. The second-order valence-corrected chi connectivity index (χ2v) is 6.18. The Kier molecular flexibility index (Phi) is 4.40. The molecule has 0 spiro atoms. The summed E-state index contributed by atoms with van der Waals surface area (Å²) in [5, 5.41) is 0. The van der Waals surface area contributed by atoms with Crippen LogP contribution in [0.2, 0.25) is 0 Å². The molecule has 0 radical (unpaired) electrons. The van der Waals surface area contributed by atoms with Crippen LogP contribution in [0, 0.1) is 6.92 Å². The molecule has 8 nitrogen and oxygen atoms in total. The minimum absolute atomic E-state index is 0.198. The van der Waals surface area contributed by atoms with Crippen molar-refractivity contribution in [3.05, 3.63) is 11.9 Å². The summed E-state index contributed by atoms with van der Waals surface area (Å²) in [5.74, 6) is 1.03. The molecule has 1 aromatic rings. The van der Waals surface area contributed by atoms with E-state index < -0.39 is 6.04 Å². The molecule has 0 N–H and O–H groups in total. The van der Waals surface area contributed by atoms with E-state index in [1.54, 1.807) is 14.2 Å². The van der Waals surface area contributed by atoms with Crippen LogP contribution in [0.15, 0.2) is 11.2 Å². The number of amides is 3. The Labute approximate surface area is 141 Å². The number of aryl methyl sites for hydroxylation is 1. The lowest BCUT2D eigenvalue weighted by molar-refractivity contribution is -0.677. The lowest BCUT2D eigenvalue weighted by Gasteiger charge is -2.32. The molecule has 2 aliphatic rings. The van der Waals surface area contributed by atoms with Gasteiger partial charge in [0.2, 0.25) is 11.9 Å². The summed E-state index contributed by atoms with van der Waals surface area (Å²) in [4.78, 5) is 32.7. The van der Waals surface area contributed by atoms with Crippen molar-refractivity contribution in [3.63, 3.8) is 0 Å². The average Bonchev–Trinajstić information content (AvgIpc) is 3.06. The molecule has 0 saturated carbocycles. The zero-order valence-corrected chi connectivity index (χ0v) is 14.7. The lowest BCUT2D eigenvalue weighted by atomic mass is 10.1. The molecule has 1 aromatic heterocycles. The molecule has 24 heavy (non-hydrogen) atoms. The van der Waals surface area contributed by atoms with Crippen molar-refractivity contribution in [1.29, 1.82) is 0 Å². The molecule has 3 heterocycles. The number of aliphatic imine (C=N–C) groups is 1. The van der Waals surface area contributed by atoms with Gasteiger partial charge < -0.3 is 4.74 Å². The third kappa shape index (κ3) is 2.41. The number of hydrogen-bond donors (Lipinski definition) is 0. The van der Waals surface area contributed by atoms with Crippen LogP contribution in [0.5, 0.6) is 0 Å². The Morgan fingerprint density at radius 2 is 2.08 bits per heavy atom. The number of likely N-dealkylation sites (N-methyl/N-ethyl adjacent to an activating group) is 1. The number of imidazole rings is 1. The quantitative estimate of drug-likeness (QED) is 0.576. The van der Waals surface area contributed by atoms with Crippen LogP contribution in [-0.2, 0) is 16.1 Å². The number of amidine groups is 1. The highest BCUT2D eigenvalue weighted by Gasteiger charge is 2.52. The van der Waals surface area contributed by atoms with Gasteiger partial charge in [0, 0.05) is 33.7 Å². The summed E-state index contributed by atoms with van der Waals surface area (Å²) in [6, 6.07) is -0.845. The summed E-state index contributed by atoms with van der Waals surface area (Å²) < 4.78 is 9.06. The number of methoxy groups -OCH3 is 1. The van der Waals surface area contributed by atoms with E-state index >= 15 is 0 Å². The summed E-state index contributed by atoms with van der Waals surface area (Å²) in [6.07, 6.45) is 3.53. The van der Waals surface area contributed by atoms with Gasteiger partial charge in [-0.15, -0.1) is 0 Å². The molecule has 1 saturated heterocycles. The first-order chi connectivity index (χ1) is 11.5. The SMILES string of the molecule is CCCN1C(=O)C2C(=Nc3n(CCCOC)c(C)c[n+]32)N(C)C1=O. The number of fused-ring (bicyclic) bond motifs is 3. The molecule has 3 amide bonds. The van der Waals surface area contributed by atoms with Crippen molar-refractivity contribution >= 4 is 23.7 Å². The fourth-order valence-electron chi connectivity index (χ4n) is 3.30. The standard InChI is InChI=1S/C16H24N5O3/c1-5-7-20-14(22)12-13(18(3)16(20)23)17-15-19(8-6-9-24-4)11(2)10-21(12)15/h10,12H,5-9H2,1-4H3/q+1. The molecule has 0 bridgehead atoms. The maximum Gasteiger partial charge on any atom is 0.401 e. The topological polar surface area (TPSA) is 71.0 Å². The smallest absolute Gasteiger partial charge is 0.385 e. The molecule has 1 unspecified atom stereocenters. The fourth-order valence-corrected chi connectivity index (χ4v) is 3.30. The molecule has 8 heteroatoms. The van der Waals surface area contributed by atoms with Crippen LogP contribution in [0.1, 0.15) is 31.5 Å². The van der Waals surface area contributed by atoms with Gasteiger partial charge in [0.1, 0.15) is 11.9 Å². The minimum atomic E-state index is -0.545. The van der Waals surface area contributed by atoms with Crippen molar-refractivity contribution in [1.82, 2.24) is 14.4 Å². The number of carbonyl (C=O) groups is 2. The van der Waals surface area contributed by atoms with E-state index in [1.807, 2.05) is 24.6 Å². The van der Waals surface area contributed by atoms with Crippen molar-refractivity contribution in [2.24, 2.45) is 4.99 Å². The van der Waals surface area contributed by atoms with Gasteiger partial charge in [-0.05, 0) is 13.3 Å². The largest absolute Gasteiger partial charge is 0.401 e. The minimum Gasteiger partial charge on any atom is -0.385 e. The normalized spacial score (nSPS) is 19.7. The predicted octanol–water partition coefficient (Wildman–Crippen LogP) is 1.01. The molecule has 130 valence electrons. The second-order valence-electron chi connectivity index (χ2n) is 6.18. The zero-order valence-electron chi connectivity index (χ0n) is 14.7. The summed E-state index contributed by atoms with van der Waals surface area (Å²) in [7, 11) is 3.36. The van der Waals surface area contributed by atoms with Crippen LogP contribution in [0.3, 0.4) is 0 Å². The maximum absolute atomic E-state index is 12.8. The fraction of sp³-hybridized carbons (Fsp3) is 0.625. The monoisotopic (exact) mass is 334 g/mol. The highest BCUT2D eigenvalue weighted by molar-refractivity contribution is 6.19. The second kappa shape index (κ2) is 6.35. The van der Waals surface area contributed by atoms with Gasteiger partial charge in [0.15, 0.2) is 0 Å². The number of nitrogens with zero attached hydrogens (tertiary/aromatic N) is 5. The van der Waals surface area contributed by atoms with E-state index in [0.29, 0.717) is 19.0 Å². The first kappa shape index (κ1) is 16.6. The van der Waals surface area contributed by atoms with E-state index in [0.717, 1.165) is 31.0 Å². The Bertz CT molecular complexity index is 709. The van der Waals surface area contributed by atoms with Crippen LogP contribution < -0.4 is 4.57 Å². The molecule has 1 atom stereocenters. The highest BCUT2D eigenvalue weighted by atomic mass is 16.5. The number of carbonyl (C=O) groups excluding carboxylic acids is 2. The molecule has 2 aliphatic heterocycles. The van der Waals surface area contributed by atoms with Crippen LogP contribution >= 0.6 is 0 Å². The number of hydrogen-bond acceptors (Lipinski definition) is 4. The molecule has 0 aliphatic carbocycles. The van der Waals surface area contributed by atoms with Crippen LogP contribution in [0.25, 0.3) is 0 Å². The first-order valence-corrected chi connectivity index (χ1v) is 8.29. The summed E-state index contributed by atoms with van der Waals surface area (Å²) in [5.41, 5.74) is 1.04. The molecule has 0 aromatic carbocycles. The Morgan fingerprint density at radius 3 is 2.75 bits per heavy atom. The van der Waals surface area contributed by atoms with Crippen molar-refractivity contribution in [2.45, 2.75) is 39.3 Å². The molecule has 1 fully saturated rings. The third-order valence-electron chi connectivity index (χ3n) is 4.50. The maximum atomic E-state index is 12.8. The van der Waals surface area contributed by atoms with Gasteiger partial charge in [-0.3, -0.25) is 14.6 Å². The van der Waals surface area contributed by atoms with Crippen LogP contribution in [0.4, 0.5) is 10.7 Å². The molecular weight excluding hydrogens is 310 g/mol. The number of ether oxygens (including phenoxy) is 1. The van der Waals surface area contributed by atoms with Gasteiger partial charge in [-0.25, -0.2) is 13.9 Å². The van der Waals surface area contributed by atoms with Gasteiger partial charge in [-0.2, -0.15) is 0 Å². The van der Waals surface area contributed by atoms with Gasteiger partial charge >= 0.3 is 12.0 Å². The highest BCUT2D eigenvalue weighted by Crippen LogP contribution is 2.29. The van der Waals surface area contributed by atoms with E-state index in [-0.39, 0.29) is 11.9 Å². The number of rotatable bonds is 6. The van der Waals surface area contributed by atoms with Crippen molar-refractivity contribution < 1.29 is 18.9 Å². The van der Waals surface area contributed by atoms with E-state index in [1.165, 1.54) is 9.80 Å². The first-order valence-electron chi connectivity index (χ1n) is 8.29. The number of urea groups is 1. The van der Waals surface area contributed by atoms with Gasteiger partial charge in [-0.1, -0.05) is 11.9 Å². The Hall–Kier alpha value is -2.22. The Balaban J connectivity index is 1.98. The number of aromatic nitrogens is 2. The average molecular weight is 334 g/mol. The van der Waals surface area contributed by atoms with E-state index in [9.17, 15) is 9.59 Å². The number of imide groups is 1. The molecular formula is C16H24N5O3+.